The van der Waals surface area contributed by atoms with Gasteiger partial charge in [-0.25, -0.2) is 0 Å². The monoisotopic (exact) mass is 100.0 g/mol. The van der Waals surface area contributed by atoms with Gasteiger partial charge in [-0.1, -0.05) is 0 Å². The van der Waals surface area contributed by atoms with Crippen LogP contribution in [-0.2, 0) is 0 Å². The Morgan fingerprint density at radius 2 is 1.60 bits per heavy atom. The molecule has 0 aliphatic rings. The van der Waals surface area contributed by atoms with E-state index < -0.39 is 5.51 Å². The highest BCUT2D eigenvalue weighted by Crippen LogP contribution is 2.09. The van der Waals surface area contributed by atoms with Gasteiger partial charge in [0.15, 0.2) is 0 Å². The Hall–Kier alpha value is 0.110. The molecule has 1 nitrogen and oxygen atoms in total. The van der Waals surface area contributed by atoms with E-state index in [1.807, 2.05) is 0 Å². The second-order valence-electron chi connectivity index (χ2n) is 0.498. The summed E-state index contributed by atoms with van der Waals surface area (Å²) in [5.41, 5.74) is 1.59. The van der Waals surface area contributed by atoms with Crippen LogP contribution in [-0.4, -0.2) is 5.51 Å². The standard InChI is InChI=1S/CHClF2N/c2-1(3,4)5/h5H. The Labute approximate surface area is 32.7 Å². The largest absolute Gasteiger partial charge is 0.395 e. The van der Waals surface area contributed by atoms with Gasteiger partial charge in [0.2, 0.25) is 0 Å². The first kappa shape index (κ1) is 5.11. The molecule has 0 aromatic carbocycles. The molecule has 0 aliphatic carbocycles. The molecule has 0 fully saturated rings. The Balaban J connectivity index is 3.02. The van der Waals surface area contributed by atoms with Crippen molar-refractivity contribution in [1.82, 2.24) is 5.73 Å². The lowest BCUT2D eigenvalue weighted by molar-refractivity contribution is 0.0957. The van der Waals surface area contributed by atoms with Crippen LogP contribution in [0.4, 0.5) is 8.78 Å². The number of rotatable bonds is 0. The van der Waals surface area contributed by atoms with E-state index in [4.69, 9.17) is 5.73 Å². The molecule has 1 radical (unpaired) electrons. The van der Waals surface area contributed by atoms with Gasteiger partial charge in [0, 0.05) is 0 Å². The molecular formula is CHClF2N. The zero-order valence-corrected chi connectivity index (χ0v) is 2.89. The molecule has 0 amide bonds. The molecule has 0 rings (SSSR count). The first-order valence-electron chi connectivity index (χ1n) is 0.817. The molecule has 0 aliphatic heterocycles. The maximum absolute atomic E-state index is 10.5. The van der Waals surface area contributed by atoms with Crippen LogP contribution in [0, 0.1) is 0 Å². The molecule has 4 heteroatoms. The van der Waals surface area contributed by atoms with Crippen molar-refractivity contribution in [3.05, 3.63) is 0 Å². The van der Waals surface area contributed by atoms with E-state index in [9.17, 15) is 8.78 Å². The Kier molecular flexibility index (Phi) is 1.09. The number of alkyl halides is 3. The maximum Gasteiger partial charge on any atom is 0.395 e. The fourth-order valence-corrected chi connectivity index (χ4v) is 0. The number of hydrogen-bond acceptors (Lipinski definition) is 0. The maximum atomic E-state index is 10.5. The van der Waals surface area contributed by atoms with Crippen molar-refractivity contribution < 1.29 is 8.78 Å². The molecule has 31 valence electrons. The third kappa shape index (κ3) is 1510. The quantitative estimate of drug-likeness (QED) is 0.321. The fraction of sp³-hybridized carbons (Fsp3) is 1.00. The normalized spacial score (nSPS) is 12.0. The first-order chi connectivity index (χ1) is 2.00. The summed E-state index contributed by atoms with van der Waals surface area (Å²) in [5, 5.41) is 0. The van der Waals surface area contributed by atoms with Gasteiger partial charge in [-0.3, -0.25) is 0 Å². The van der Waals surface area contributed by atoms with Crippen LogP contribution in [0.1, 0.15) is 0 Å². The Morgan fingerprint density at radius 3 is 1.60 bits per heavy atom. The highest BCUT2D eigenvalue weighted by molar-refractivity contribution is 6.21. The third-order valence-electron chi connectivity index (χ3n) is 0. The third-order valence-corrected chi connectivity index (χ3v) is 0. The van der Waals surface area contributed by atoms with E-state index in [2.05, 4.69) is 11.6 Å². The van der Waals surface area contributed by atoms with E-state index in [-0.39, 0.29) is 0 Å². The van der Waals surface area contributed by atoms with Crippen LogP contribution in [0.2, 0.25) is 0 Å². The van der Waals surface area contributed by atoms with Crippen LogP contribution < -0.4 is 5.73 Å². The van der Waals surface area contributed by atoms with Crippen LogP contribution in [0.3, 0.4) is 0 Å². The summed E-state index contributed by atoms with van der Waals surface area (Å²) in [6, 6.07) is 0. The Morgan fingerprint density at radius 1 is 1.60 bits per heavy atom. The lowest BCUT2D eigenvalue weighted by Crippen LogP contribution is -2.03. The minimum absolute atomic E-state index is 3.78. The van der Waals surface area contributed by atoms with Gasteiger partial charge in [0.25, 0.3) is 0 Å². The van der Waals surface area contributed by atoms with Crippen molar-refractivity contribution >= 4 is 11.6 Å². The van der Waals surface area contributed by atoms with Gasteiger partial charge in [-0.05, 0) is 11.6 Å². The van der Waals surface area contributed by atoms with Gasteiger partial charge in [-0.2, -0.15) is 14.5 Å². The number of halogens is 3. The summed E-state index contributed by atoms with van der Waals surface area (Å²) in [6.45, 7) is 0. The van der Waals surface area contributed by atoms with Gasteiger partial charge in [0.1, 0.15) is 0 Å². The van der Waals surface area contributed by atoms with Gasteiger partial charge < -0.3 is 0 Å². The van der Waals surface area contributed by atoms with Crippen molar-refractivity contribution in [3.63, 3.8) is 0 Å². The van der Waals surface area contributed by atoms with Crippen molar-refractivity contribution in [2.75, 3.05) is 0 Å². The summed E-state index contributed by atoms with van der Waals surface area (Å²) in [5.74, 6) is 0. The molecule has 0 saturated carbocycles. The van der Waals surface area contributed by atoms with Crippen LogP contribution in [0.5, 0.6) is 0 Å². The van der Waals surface area contributed by atoms with E-state index in [0.29, 0.717) is 0 Å². The summed E-state index contributed by atoms with van der Waals surface area (Å²) < 4.78 is 20.9. The molecule has 5 heavy (non-hydrogen) atoms. The molecule has 0 unspecified atom stereocenters. The van der Waals surface area contributed by atoms with Crippen molar-refractivity contribution in [1.29, 1.82) is 0 Å². The minimum Gasteiger partial charge on any atom is -0.175 e. The summed E-state index contributed by atoms with van der Waals surface area (Å²) in [4.78, 5) is 0. The molecule has 0 spiro atoms. The number of nitrogens with one attached hydrogen (secondary N) is 1. The topological polar surface area (TPSA) is 23.8 Å². The smallest absolute Gasteiger partial charge is 0.175 e. The predicted octanol–water partition coefficient (Wildman–Crippen LogP) is 1.06. The SMILES string of the molecule is [NH]C(F)(F)Cl. The second kappa shape index (κ2) is 1.06. The average Bonchev–Trinajstić information content (AvgIpc) is 0.722. The average molecular weight is 100 g/mol. The molecule has 1 N–H and O–H groups in total. The lowest BCUT2D eigenvalue weighted by atomic mass is 11.3. The minimum atomic E-state index is -3.78. The lowest BCUT2D eigenvalue weighted by Gasteiger charge is -1.89. The van der Waals surface area contributed by atoms with E-state index >= 15 is 0 Å². The highest BCUT2D eigenvalue weighted by Gasteiger charge is 2.15. The number of hydrogen-bond donors (Lipinski definition) is 0. The summed E-state index contributed by atoms with van der Waals surface area (Å²) >= 11 is 3.86. The van der Waals surface area contributed by atoms with Crippen LogP contribution in [0.25, 0.3) is 0 Å². The molecular weight excluding hydrogens is 99.5 g/mol. The summed E-state index contributed by atoms with van der Waals surface area (Å²) in [7, 11) is 0. The Bertz CT molecular complexity index is 25.1. The summed E-state index contributed by atoms with van der Waals surface area (Å²) in [6.07, 6.45) is 0. The van der Waals surface area contributed by atoms with Gasteiger partial charge >= 0.3 is 5.51 Å². The zero-order chi connectivity index (χ0) is 4.50. The molecule has 0 saturated heterocycles. The molecule has 0 atom stereocenters. The van der Waals surface area contributed by atoms with E-state index in [1.165, 1.54) is 0 Å². The first-order valence-corrected chi connectivity index (χ1v) is 1.19. The predicted molar refractivity (Wildman–Crippen MR) is 13.9 cm³/mol. The molecule has 0 bridgehead atoms. The van der Waals surface area contributed by atoms with Crippen molar-refractivity contribution in [2.45, 2.75) is 5.51 Å². The van der Waals surface area contributed by atoms with Crippen LogP contribution >= 0.6 is 11.6 Å². The van der Waals surface area contributed by atoms with Crippen molar-refractivity contribution in [2.24, 2.45) is 0 Å². The fourth-order valence-electron chi connectivity index (χ4n) is 0. The zero-order valence-electron chi connectivity index (χ0n) is 2.13. The highest BCUT2D eigenvalue weighted by atomic mass is 35.5. The van der Waals surface area contributed by atoms with Gasteiger partial charge in [0.05, 0.1) is 0 Å². The molecule has 0 aromatic heterocycles. The van der Waals surface area contributed by atoms with Crippen LogP contribution in [0.15, 0.2) is 0 Å². The van der Waals surface area contributed by atoms with E-state index in [1.54, 1.807) is 0 Å². The van der Waals surface area contributed by atoms with E-state index in [0.717, 1.165) is 0 Å². The second-order valence-corrected chi connectivity index (χ2v) is 0.972. The van der Waals surface area contributed by atoms with Gasteiger partial charge in [-0.15, -0.1) is 0 Å². The molecule has 0 heterocycles. The molecule has 0 aromatic rings. The van der Waals surface area contributed by atoms with Crippen molar-refractivity contribution in [3.8, 4) is 0 Å².